The predicted octanol–water partition coefficient (Wildman–Crippen LogP) is 18.2. The van der Waals surface area contributed by atoms with Crippen LogP contribution in [0.3, 0.4) is 0 Å². The zero-order chi connectivity index (χ0) is 56.5. The molecule has 7 aromatic carbocycles. The average Bonchev–Trinajstić information content (AvgIpc) is 3.62. The summed E-state index contributed by atoms with van der Waals surface area (Å²) in [4.78, 5) is 27.3. The van der Waals surface area contributed by atoms with Crippen molar-refractivity contribution in [3.05, 3.63) is 334 Å². The topological polar surface area (TPSA) is 77.3 Å². The molecule has 0 saturated heterocycles. The van der Waals surface area contributed by atoms with E-state index in [1.54, 1.807) is 24.8 Å². The van der Waals surface area contributed by atoms with E-state index in [1.165, 1.54) is 0 Å². The number of aromatic nitrogens is 6. The number of pyridine rings is 4. The van der Waals surface area contributed by atoms with Crippen LogP contribution in [-0.2, 0) is 40.2 Å². The Morgan fingerprint density at radius 1 is 0.233 bits per heavy atom. The molecular weight excluding hydrogens is 1410 g/mol. The van der Waals surface area contributed by atoms with Crippen LogP contribution < -0.4 is 0 Å². The van der Waals surface area contributed by atoms with Gasteiger partial charge in [-0.25, -0.2) is 17.7 Å². The molecule has 12 aromatic rings. The molecular formula is C78H50Ir2N6. The van der Waals surface area contributed by atoms with E-state index in [0.29, 0.717) is 11.4 Å². The summed E-state index contributed by atoms with van der Waals surface area (Å²) >= 11 is 0. The minimum absolute atomic E-state index is 0. The molecule has 0 unspecified atom stereocenters. The maximum absolute atomic E-state index is 4.73. The van der Waals surface area contributed by atoms with E-state index >= 15 is 0 Å². The third-order valence-corrected chi connectivity index (χ3v) is 13.6. The first kappa shape index (κ1) is 59.1. The zero-order valence-corrected chi connectivity index (χ0v) is 51.0. The van der Waals surface area contributed by atoms with Crippen molar-refractivity contribution >= 4 is 72.9 Å². The van der Waals surface area contributed by atoms with E-state index in [4.69, 9.17) is 9.97 Å². The van der Waals surface area contributed by atoms with Gasteiger partial charge >= 0.3 is 40.2 Å². The fourth-order valence-electron chi connectivity index (χ4n) is 9.20. The molecule has 5 heterocycles. The van der Waals surface area contributed by atoms with E-state index in [-0.39, 0.29) is 40.2 Å². The summed E-state index contributed by atoms with van der Waals surface area (Å²) in [6.07, 6.45) is 36.1. The number of hydrogen-bond donors (Lipinski definition) is 0. The Balaban J connectivity index is 0.00000410. The molecule has 410 valence electrons. The quantitative estimate of drug-likeness (QED) is 0.0668. The molecule has 0 radical (unpaired) electrons. The van der Waals surface area contributed by atoms with Gasteiger partial charge < -0.3 is 29.9 Å². The molecule has 0 aliphatic carbocycles. The van der Waals surface area contributed by atoms with Crippen molar-refractivity contribution in [3.63, 3.8) is 0 Å². The molecule has 0 amide bonds. The summed E-state index contributed by atoms with van der Waals surface area (Å²) < 4.78 is 0. The molecule has 5 aromatic heterocycles. The largest absolute Gasteiger partial charge is 3.00 e. The van der Waals surface area contributed by atoms with Gasteiger partial charge in [-0.3, -0.25) is 12.1 Å². The molecule has 86 heavy (non-hydrogen) atoms. The molecule has 0 spiro atoms. The summed E-state index contributed by atoms with van der Waals surface area (Å²) in [6, 6.07) is 85.3. The van der Waals surface area contributed by atoms with E-state index in [9.17, 15) is 0 Å². The molecule has 0 aliphatic heterocycles. The van der Waals surface area contributed by atoms with Crippen LogP contribution in [0, 0.1) is 36.4 Å². The second-order valence-corrected chi connectivity index (χ2v) is 19.7. The van der Waals surface area contributed by atoms with Crippen molar-refractivity contribution in [2.45, 2.75) is 0 Å². The van der Waals surface area contributed by atoms with Gasteiger partial charge in [-0.15, -0.1) is 148 Å². The van der Waals surface area contributed by atoms with Gasteiger partial charge in [-0.1, -0.05) is 115 Å². The van der Waals surface area contributed by atoms with Gasteiger partial charge in [0.1, 0.15) is 0 Å². The first-order chi connectivity index (χ1) is 41.5. The Morgan fingerprint density at radius 2 is 0.488 bits per heavy atom. The Kier molecular flexibility index (Phi) is 20.3. The fraction of sp³-hybridized carbons (Fsp3) is 0. The van der Waals surface area contributed by atoms with Gasteiger partial charge in [0.25, 0.3) is 0 Å². The van der Waals surface area contributed by atoms with E-state index in [0.717, 1.165) is 112 Å². The van der Waals surface area contributed by atoms with Crippen LogP contribution in [0.5, 0.6) is 0 Å². The zero-order valence-electron chi connectivity index (χ0n) is 46.2. The number of rotatable bonds is 17. The standard InChI is InChI=1S/C78H50N6.2Ir/c1-5-45-79-74(9-1)69-35-25-57(26-36-69)13-18-62-49-63(19-14-58-27-37-70(38-28-58)75-10-2-6-46-80-75)51-64(50-62)22-17-61-33-43-73(44-34-61)78-83-55-68(56-84-78)24-23-67-53-65(20-15-59-29-39-71(40-30-59)76-11-3-7-47-81-76)52-66(54-67)21-16-60-31-41-72(42-32-60)77-12-4-8-48-82-77;;/h1-35,37,39,41,45-56H;;/q-6;2*+3/b18-13-,19-14-,20-15-,21-16-,22-17-,24-23-;;. The molecule has 0 saturated carbocycles. The van der Waals surface area contributed by atoms with Gasteiger partial charge in [-0.05, 0) is 123 Å². The second-order valence-electron chi connectivity index (χ2n) is 19.7. The van der Waals surface area contributed by atoms with Gasteiger partial charge in [0.15, 0.2) is 0 Å². The van der Waals surface area contributed by atoms with Crippen molar-refractivity contribution in [1.82, 2.24) is 29.9 Å². The third-order valence-electron chi connectivity index (χ3n) is 13.6. The van der Waals surface area contributed by atoms with Gasteiger partial charge in [-0.2, -0.15) is 5.56 Å². The van der Waals surface area contributed by atoms with Crippen molar-refractivity contribution in [3.8, 4) is 56.4 Å². The van der Waals surface area contributed by atoms with Crippen molar-refractivity contribution in [2.75, 3.05) is 0 Å². The van der Waals surface area contributed by atoms with Gasteiger partial charge in [0.05, 0.1) is 0 Å². The predicted molar refractivity (Wildman–Crippen MR) is 346 cm³/mol. The Morgan fingerprint density at radius 3 is 0.744 bits per heavy atom. The third kappa shape index (κ3) is 16.2. The smallest absolute Gasteiger partial charge is 0.333 e. The van der Waals surface area contributed by atoms with E-state index in [2.05, 4.69) is 208 Å². The van der Waals surface area contributed by atoms with Crippen LogP contribution in [0.4, 0.5) is 0 Å². The summed E-state index contributed by atoms with van der Waals surface area (Å²) in [6.45, 7) is 0. The SMILES string of the molecule is [Ir+3].[Ir+3].[c-]1cc(/C=C\c2cc(/C=C\c3c[c-]c(-c4ccccn4)cc3)cc(/C=C\c3c[c-]c(-c4ccccn4)cc3)c2)c[c-]c1-c1ncc(/C=C\c2cc(/C=C\c3c[c-]c(-c4ccccn4)cc3)cc(/C=C\c3c[c-]c(-c4ccccn4)cc3)c2)cn1. The molecule has 0 fully saturated rings. The average molecular weight is 1460 g/mol. The number of nitrogens with zero attached hydrogens (tertiary/aromatic N) is 6. The first-order valence-corrected chi connectivity index (χ1v) is 27.4. The summed E-state index contributed by atoms with van der Waals surface area (Å²) in [5, 5.41) is 0. The summed E-state index contributed by atoms with van der Waals surface area (Å²) in [5.74, 6) is 0.543. The minimum Gasteiger partial charge on any atom is -0.333 e. The molecule has 0 aliphatic rings. The monoisotopic (exact) mass is 1460 g/mol. The van der Waals surface area contributed by atoms with E-state index < -0.39 is 0 Å². The van der Waals surface area contributed by atoms with E-state index in [1.807, 2.05) is 128 Å². The maximum atomic E-state index is 4.73. The number of hydrogen-bond acceptors (Lipinski definition) is 6. The molecule has 6 nitrogen and oxygen atoms in total. The van der Waals surface area contributed by atoms with Crippen molar-refractivity contribution in [1.29, 1.82) is 0 Å². The fourth-order valence-corrected chi connectivity index (χ4v) is 9.20. The van der Waals surface area contributed by atoms with Crippen LogP contribution >= 0.6 is 0 Å². The number of benzene rings is 7. The van der Waals surface area contributed by atoms with Crippen LogP contribution in [-0.4, -0.2) is 29.9 Å². The van der Waals surface area contributed by atoms with Crippen molar-refractivity contribution in [2.24, 2.45) is 0 Å². The summed E-state index contributed by atoms with van der Waals surface area (Å²) in [5.41, 5.74) is 20.3. The maximum Gasteiger partial charge on any atom is 3.00 e. The molecule has 0 N–H and O–H groups in total. The van der Waals surface area contributed by atoms with Gasteiger partial charge in [0.2, 0.25) is 0 Å². The molecule has 0 bridgehead atoms. The normalized spacial score (nSPS) is 11.5. The first-order valence-electron chi connectivity index (χ1n) is 27.4. The van der Waals surface area contributed by atoms with Crippen LogP contribution in [0.1, 0.15) is 66.8 Å². The molecule has 8 heteroatoms. The Bertz CT molecular complexity index is 3810. The van der Waals surface area contributed by atoms with Gasteiger partial charge in [0, 0.05) is 42.7 Å². The van der Waals surface area contributed by atoms with Crippen LogP contribution in [0.15, 0.2) is 231 Å². The van der Waals surface area contributed by atoms with Crippen molar-refractivity contribution < 1.29 is 40.2 Å². The Hall–Kier alpha value is -10.0. The van der Waals surface area contributed by atoms with Crippen LogP contribution in [0.2, 0.25) is 0 Å². The summed E-state index contributed by atoms with van der Waals surface area (Å²) in [7, 11) is 0. The Labute approximate surface area is 530 Å². The minimum atomic E-state index is 0. The molecule has 0 atom stereocenters. The second kappa shape index (κ2) is 29.5. The molecule has 12 rings (SSSR count). The van der Waals surface area contributed by atoms with Crippen LogP contribution in [0.25, 0.3) is 129 Å².